The smallest absolute Gasteiger partial charge is 0.256 e. The van der Waals surface area contributed by atoms with E-state index in [-0.39, 0.29) is 18.0 Å². The largest absolute Gasteiger partial charge is 0.328 e. The number of hydrogen-bond donors (Lipinski definition) is 1. The molecule has 1 unspecified atom stereocenters. The second kappa shape index (κ2) is 3.93. The maximum Gasteiger partial charge on any atom is 0.256 e. The summed E-state index contributed by atoms with van der Waals surface area (Å²) >= 11 is 0. The molecule has 0 saturated heterocycles. The van der Waals surface area contributed by atoms with Crippen LogP contribution in [0.2, 0.25) is 0 Å². The van der Waals surface area contributed by atoms with Crippen LogP contribution in [0.3, 0.4) is 0 Å². The number of carbonyl (C=O) groups excluding carboxylic acids is 2. The topological polar surface area (TPSA) is 49.4 Å². The molecule has 0 radical (unpaired) electrons. The lowest BCUT2D eigenvalue weighted by Crippen LogP contribution is -2.36. The zero-order valence-electron chi connectivity index (χ0n) is 10.7. The minimum absolute atomic E-state index is 0.0254. The van der Waals surface area contributed by atoms with Gasteiger partial charge in [0, 0.05) is 23.2 Å². The molecular weight excluding hydrogens is 252 g/mol. The van der Waals surface area contributed by atoms with Crippen molar-refractivity contribution in [1.82, 2.24) is 10.2 Å². The normalized spacial score (nSPS) is 19.8. The Balaban J connectivity index is 1.86. The summed E-state index contributed by atoms with van der Waals surface area (Å²) < 4.78 is 0. The predicted molar refractivity (Wildman–Crippen MR) is 73.0 cm³/mol. The van der Waals surface area contributed by atoms with Crippen molar-refractivity contribution in [3.8, 4) is 0 Å². The molecule has 4 heteroatoms. The van der Waals surface area contributed by atoms with Gasteiger partial charge in [0.15, 0.2) is 0 Å². The summed E-state index contributed by atoms with van der Waals surface area (Å²) in [4.78, 5) is 26.5. The summed E-state index contributed by atoms with van der Waals surface area (Å²) in [5.74, 6) is -0.153. The Labute approximate surface area is 116 Å². The van der Waals surface area contributed by atoms with E-state index in [1.165, 1.54) is 0 Å². The molecule has 0 bridgehead atoms. The average Bonchev–Trinajstić information content (AvgIpc) is 2.65. The molecule has 4 rings (SSSR count). The van der Waals surface area contributed by atoms with E-state index >= 15 is 0 Å². The van der Waals surface area contributed by atoms with Crippen molar-refractivity contribution in [1.29, 1.82) is 0 Å². The van der Waals surface area contributed by atoms with E-state index in [4.69, 9.17) is 0 Å². The molecule has 2 heterocycles. The van der Waals surface area contributed by atoms with Gasteiger partial charge in [-0.2, -0.15) is 0 Å². The van der Waals surface area contributed by atoms with Gasteiger partial charge in [0.2, 0.25) is 0 Å². The van der Waals surface area contributed by atoms with E-state index in [0.29, 0.717) is 17.7 Å². The minimum atomic E-state index is -0.362. The van der Waals surface area contributed by atoms with Crippen LogP contribution in [0.25, 0.3) is 0 Å². The third-order valence-corrected chi connectivity index (χ3v) is 3.93. The fourth-order valence-electron chi connectivity index (χ4n) is 2.95. The van der Waals surface area contributed by atoms with E-state index in [1.807, 2.05) is 42.5 Å². The Hall–Kier alpha value is -2.62. The van der Waals surface area contributed by atoms with Crippen molar-refractivity contribution >= 4 is 11.8 Å². The van der Waals surface area contributed by atoms with Crippen LogP contribution in [0.4, 0.5) is 0 Å². The number of hydrogen-bond acceptors (Lipinski definition) is 2. The Kier molecular flexibility index (Phi) is 2.21. The highest BCUT2D eigenvalue weighted by Crippen LogP contribution is 2.35. The summed E-state index contributed by atoms with van der Waals surface area (Å²) in [6.45, 7) is 0.451. The molecule has 2 aromatic rings. The van der Waals surface area contributed by atoms with Crippen molar-refractivity contribution < 1.29 is 9.59 Å². The third kappa shape index (κ3) is 1.42. The zero-order valence-corrected chi connectivity index (χ0v) is 10.7. The molecule has 0 fully saturated rings. The van der Waals surface area contributed by atoms with Crippen LogP contribution in [0.1, 0.15) is 38.0 Å². The van der Waals surface area contributed by atoms with Gasteiger partial charge < -0.3 is 10.2 Å². The van der Waals surface area contributed by atoms with Gasteiger partial charge in [0.25, 0.3) is 11.8 Å². The van der Waals surface area contributed by atoms with E-state index < -0.39 is 0 Å². The minimum Gasteiger partial charge on any atom is -0.328 e. The van der Waals surface area contributed by atoms with Crippen LogP contribution in [0.15, 0.2) is 48.5 Å². The molecule has 4 nitrogen and oxygen atoms in total. The summed E-state index contributed by atoms with van der Waals surface area (Å²) in [6, 6.07) is 14.9. The van der Waals surface area contributed by atoms with Gasteiger partial charge in [0.1, 0.15) is 6.17 Å². The number of fused-ring (bicyclic) bond motifs is 4. The Morgan fingerprint density at radius 1 is 0.950 bits per heavy atom. The number of benzene rings is 2. The van der Waals surface area contributed by atoms with Crippen LogP contribution in [0.5, 0.6) is 0 Å². The van der Waals surface area contributed by atoms with Crippen molar-refractivity contribution in [2.45, 2.75) is 12.7 Å². The second-order valence-electron chi connectivity index (χ2n) is 5.05. The molecule has 0 saturated carbocycles. The Morgan fingerprint density at radius 2 is 1.65 bits per heavy atom. The maximum atomic E-state index is 12.5. The zero-order chi connectivity index (χ0) is 13.7. The van der Waals surface area contributed by atoms with Crippen LogP contribution in [0, 0.1) is 0 Å². The molecule has 2 aromatic carbocycles. The predicted octanol–water partition coefficient (Wildman–Crippen LogP) is 2.08. The van der Waals surface area contributed by atoms with Gasteiger partial charge in [0.05, 0.1) is 0 Å². The monoisotopic (exact) mass is 264 g/mol. The molecule has 1 atom stereocenters. The van der Waals surface area contributed by atoms with Crippen LogP contribution in [-0.4, -0.2) is 16.7 Å². The lowest BCUT2D eigenvalue weighted by Gasteiger charge is -2.22. The molecule has 0 aliphatic carbocycles. The van der Waals surface area contributed by atoms with Gasteiger partial charge in [-0.15, -0.1) is 0 Å². The summed E-state index contributed by atoms with van der Waals surface area (Å²) in [5.41, 5.74) is 3.08. The summed E-state index contributed by atoms with van der Waals surface area (Å²) in [5, 5.41) is 2.95. The number of carbonyl (C=O) groups is 2. The molecule has 1 N–H and O–H groups in total. The van der Waals surface area contributed by atoms with Crippen LogP contribution in [-0.2, 0) is 6.54 Å². The highest BCUT2D eigenvalue weighted by atomic mass is 16.2. The van der Waals surface area contributed by atoms with Crippen LogP contribution < -0.4 is 5.32 Å². The van der Waals surface area contributed by atoms with Gasteiger partial charge in [-0.3, -0.25) is 9.59 Å². The molecule has 2 aliphatic rings. The first-order valence-electron chi connectivity index (χ1n) is 6.54. The van der Waals surface area contributed by atoms with Crippen LogP contribution >= 0.6 is 0 Å². The first-order valence-corrected chi connectivity index (χ1v) is 6.54. The highest BCUT2D eigenvalue weighted by Gasteiger charge is 2.39. The third-order valence-electron chi connectivity index (χ3n) is 3.93. The number of rotatable bonds is 0. The number of amides is 2. The standard InChI is InChI=1S/C16H12N2O2/c19-15-11-6-2-1-5-10(11)9-18-14(17-15)12-7-3-4-8-13(12)16(18)20/h1-8,14H,9H2,(H,17,19). The first kappa shape index (κ1) is 11.2. The lowest BCUT2D eigenvalue weighted by atomic mass is 10.1. The summed E-state index contributed by atoms with van der Waals surface area (Å²) in [6.07, 6.45) is -0.362. The average molecular weight is 264 g/mol. The van der Waals surface area contributed by atoms with Gasteiger partial charge in [-0.05, 0) is 17.7 Å². The fraction of sp³-hybridized carbons (Fsp3) is 0.125. The second-order valence-corrected chi connectivity index (χ2v) is 5.05. The molecule has 0 spiro atoms. The lowest BCUT2D eigenvalue weighted by molar-refractivity contribution is 0.0668. The van der Waals surface area contributed by atoms with E-state index in [0.717, 1.165) is 11.1 Å². The van der Waals surface area contributed by atoms with E-state index in [9.17, 15) is 9.59 Å². The molecule has 0 aromatic heterocycles. The van der Waals surface area contributed by atoms with Crippen molar-refractivity contribution in [2.75, 3.05) is 0 Å². The fourth-order valence-corrected chi connectivity index (χ4v) is 2.95. The molecular formula is C16H12N2O2. The quantitative estimate of drug-likeness (QED) is 0.792. The van der Waals surface area contributed by atoms with Gasteiger partial charge >= 0.3 is 0 Å². The molecule has 20 heavy (non-hydrogen) atoms. The Bertz CT molecular complexity index is 733. The first-order chi connectivity index (χ1) is 9.75. The molecule has 2 aliphatic heterocycles. The van der Waals surface area contributed by atoms with Gasteiger partial charge in [-0.25, -0.2) is 0 Å². The van der Waals surface area contributed by atoms with Crippen molar-refractivity contribution in [2.24, 2.45) is 0 Å². The highest BCUT2D eigenvalue weighted by molar-refractivity contribution is 6.02. The molecule has 2 amide bonds. The molecule has 98 valence electrons. The van der Waals surface area contributed by atoms with Crippen molar-refractivity contribution in [3.05, 3.63) is 70.8 Å². The Morgan fingerprint density at radius 3 is 2.50 bits per heavy atom. The van der Waals surface area contributed by atoms with Crippen molar-refractivity contribution in [3.63, 3.8) is 0 Å². The number of nitrogens with zero attached hydrogens (tertiary/aromatic N) is 1. The SMILES string of the molecule is O=C1NC2c3ccccc3C(=O)N2Cc2ccccc21. The maximum absolute atomic E-state index is 12.5. The summed E-state index contributed by atoms with van der Waals surface area (Å²) in [7, 11) is 0. The van der Waals surface area contributed by atoms with Gasteiger partial charge in [-0.1, -0.05) is 36.4 Å². The van der Waals surface area contributed by atoms with E-state index in [1.54, 1.807) is 11.0 Å². The number of nitrogens with one attached hydrogen (secondary N) is 1. The van der Waals surface area contributed by atoms with E-state index in [2.05, 4.69) is 5.32 Å².